The number of hydrogen-bond acceptors (Lipinski definition) is 5. The van der Waals surface area contributed by atoms with E-state index < -0.39 is 17.7 Å². The van der Waals surface area contributed by atoms with E-state index >= 15 is 0 Å². The minimum Gasteiger partial charge on any atom is -0.486 e. The van der Waals surface area contributed by atoms with Gasteiger partial charge in [-0.2, -0.15) is 4.98 Å². The number of nitrogens with zero attached hydrogens (tertiary/aromatic N) is 4. The molecule has 0 saturated carbocycles. The van der Waals surface area contributed by atoms with Gasteiger partial charge in [-0.1, -0.05) is 12.1 Å². The molecule has 2 aromatic carbocycles. The topological polar surface area (TPSA) is 54.6 Å². The van der Waals surface area contributed by atoms with Crippen LogP contribution < -0.4 is 15.0 Å². The first-order valence-corrected chi connectivity index (χ1v) is 8.47. The Bertz CT molecular complexity index is 1040. The summed E-state index contributed by atoms with van der Waals surface area (Å²) < 4.78 is 32.9. The maximum Gasteiger partial charge on any atom is 0.229 e. The predicted molar refractivity (Wildman–Crippen MR) is 101 cm³/mol. The van der Waals surface area contributed by atoms with E-state index in [0.717, 1.165) is 11.8 Å². The first kappa shape index (κ1) is 17.7. The van der Waals surface area contributed by atoms with Crippen molar-refractivity contribution in [2.24, 2.45) is 0 Å². The largest absolute Gasteiger partial charge is 0.486 e. The monoisotopic (exact) mass is 379 g/mol. The van der Waals surface area contributed by atoms with Crippen LogP contribution in [0.3, 0.4) is 0 Å². The van der Waals surface area contributed by atoms with Crippen LogP contribution in [0.25, 0.3) is 4.85 Å². The van der Waals surface area contributed by atoms with E-state index in [-0.39, 0.29) is 6.61 Å². The molecule has 0 amide bonds. The van der Waals surface area contributed by atoms with E-state index in [1.54, 1.807) is 37.5 Å². The molecule has 8 heteroatoms. The van der Waals surface area contributed by atoms with Gasteiger partial charge in [0.15, 0.2) is 17.3 Å². The van der Waals surface area contributed by atoms with Crippen molar-refractivity contribution in [3.8, 4) is 5.75 Å². The molecule has 1 aliphatic rings. The highest BCUT2D eigenvalue weighted by Crippen LogP contribution is 2.37. The summed E-state index contributed by atoms with van der Waals surface area (Å²) in [7, 11) is 1.79. The Kier molecular flexibility index (Phi) is 4.49. The molecule has 0 aliphatic carbocycles. The SMILES string of the molecule is [C-]#[N+]c1ccc(Nc2ncc3c(n2)N(C)C(c2cc(F)cc(F)c2)CO3)cc1. The summed E-state index contributed by atoms with van der Waals surface area (Å²) in [6.07, 6.45) is 1.55. The fourth-order valence-corrected chi connectivity index (χ4v) is 3.04. The highest BCUT2D eigenvalue weighted by molar-refractivity contribution is 5.62. The molecule has 1 aromatic heterocycles. The van der Waals surface area contributed by atoms with Gasteiger partial charge in [0.05, 0.1) is 18.8 Å². The molecule has 3 aromatic rings. The summed E-state index contributed by atoms with van der Waals surface area (Å²) in [6.45, 7) is 7.21. The summed E-state index contributed by atoms with van der Waals surface area (Å²) in [5.74, 6) is 0.0702. The molecule has 0 radical (unpaired) electrons. The molecule has 1 atom stereocenters. The predicted octanol–water partition coefficient (Wildman–Crippen LogP) is 4.62. The number of hydrogen-bond donors (Lipinski definition) is 1. The van der Waals surface area contributed by atoms with E-state index in [0.29, 0.717) is 28.8 Å². The van der Waals surface area contributed by atoms with Crippen LogP contribution in [0.4, 0.5) is 31.9 Å². The number of aromatic nitrogens is 2. The van der Waals surface area contributed by atoms with Crippen molar-refractivity contribution in [2.75, 3.05) is 23.9 Å². The van der Waals surface area contributed by atoms with Gasteiger partial charge in [-0.25, -0.2) is 18.6 Å². The van der Waals surface area contributed by atoms with Gasteiger partial charge >= 0.3 is 0 Å². The number of likely N-dealkylation sites (N-methyl/N-ethyl adjacent to an activating group) is 1. The van der Waals surface area contributed by atoms with Crippen molar-refractivity contribution in [3.05, 3.63) is 77.3 Å². The van der Waals surface area contributed by atoms with Crippen molar-refractivity contribution in [3.63, 3.8) is 0 Å². The molecule has 0 spiro atoms. The first-order valence-electron chi connectivity index (χ1n) is 8.47. The number of halogens is 2. The van der Waals surface area contributed by atoms with Gasteiger partial charge in [0.2, 0.25) is 5.95 Å². The van der Waals surface area contributed by atoms with E-state index in [1.165, 1.54) is 12.1 Å². The summed E-state index contributed by atoms with van der Waals surface area (Å²) in [5, 5.41) is 3.07. The Morgan fingerprint density at radius 1 is 1.18 bits per heavy atom. The Hall–Kier alpha value is -3.73. The molecule has 28 heavy (non-hydrogen) atoms. The number of rotatable bonds is 3. The quantitative estimate of drug-likeness (QED) is 0.673. The molecule has 2 heterocycles. The number of anilines is 3. The Morgan fingerprint density at radius 2 is 1.89 bits per heavy atom. The molecule has 0 bridgehead atoms. The second-order valence-electron chi connectivity index (χ2n) is 6.31. The van der Waals surface area contributed by atoms with Crippen LogP contribution in [0.5, 0.6) is 5.75 Å². The lowest BCUT2D eigenvalue weighted by Crippen LogP contribution is -2.34. The smallest absolute Gasteiger partial charge is 0.229 e. The average Bonchev–Trinajstić information content (AvgIpc) is 2.68. The molecule has 1 unspecified atom stereocenters. The molecule has 6 nitrogen and oxygen atoms in total. The molecular formula is C20H15F2N5O. The Balaban J connectivity index is 1.61. The average molecular weight is 379 g/mol. The second-order valence-corrected chi connectivity index (χ2v) is 6.31. The molecule has 4 rings (SSSR count). The molecule has 0 saturated heterocycles. The van der Waals surface area contributed by atoms with Gasteiger partial charge in [-0.15, -0.1) is 0 Å². The maximum absolute atomic E-state index is 13.6. The van der Waals surface area contributed by atoms with Crippen LogP contribution in [0.2, 0.25) is 0 Å². The standard InChI is InChI=1S/C20H15F2N5O/c1-23-15-3-5-16(6-4-15)25-20-24-10-18-19(26-20)27(2)17(11-28-18)12-7-13(21)9-14(22)8-12/h3-10,17H,11H2,2H3,(H,24,25,26). The van der Waals surface area contributed by atoms with Crippen LogP contribution in [0.1, 0.15) is 11.6 Å². The minimum atomic E-state index is -0.637. The van der Waals surface area contributed by atoms with Gasteiger partial charge < -0.3 is 15.0 Å². The summed E-state index contributed by atoms with van der Waals surface area (Å²) in [4.78, 5) is 13.9. The van der Waals surface area contributed by atoms with Crippen molar-refractivity contribution in [2.45, 2.75) is 6.04 Å². The van der Waals surface area contributed by atoms with Crippen LogP contribution >= 0.6 is 0 Å². The minimum absolute atomic E-state index is 0.223. The van der Waals surface area contributed by atoms with Crippen molar-refractivity contribution in [1.82, 2.24) is 9.97 Å². The van der Waals surface area contributed by atoms with Gasteiger partial charge in [0.25, 0.3) is 0 Å². The van der Waals surface area contributed by atoms with Crippen molar-refractivity contribution in [1.29, 1.82) is 0 Å². The zero-order valence-electron chi connectivity index (χ0n) is 14.9. The third-order valence-electron chi connectivity index (χ3n) is 4.46. The fraction of sp³-hybridized carbons (Fsp3) is 0.150. The van der Waals surface area contributed by atoms with E-state index in [1.807, 2.05) is 4.90 Å². The van der Waals surface area contributed by atoms with Crippen molar-refractivity contribution < 1.29 is 13.5 Å². The Labute approximate surface area is 160 Å². The number of benzene rings is 2. The highest BCUT2D eigenvalue weighted by Gasteiger charge is 2.29. The molecule has 140 valence electrons. The highest BCUT2D eigenvalue weighted by atomic mass is 19.1. The zero-order valence-corrected chi connectivity index (χ0v) is 14.9. The van der Waals surface area contributed by atoms with Gasteiger partial charge in [0, 0.05) is 18.8 Å². The van der Waals surface area contributed by atoms with Gasteiger partial charge in [-0.3, -0.25) is 0 Å². The summed E-state index contributed by atoms with van der Waals surface area (Å²) in [5.41, 5.74) is 1.74. The van der Waals surface area contributed by atoms with Crippen LogP contribution in [-0.4, -0.2) is 23.6 Å². The molecule has 1 N–H and O–H groups in total. The number of ether oxygens (including phenoxy) is 1. The lowest BCUT2D eigenvalue weighted by molar-refractivity contribution is 0.264. The van der Waals surface area contributed by atoms with Crippen molar-refractivity contribution >= 4 is 23.1 Å². The maximum atomic E-state index is 13.6. The fourth-order valence-electron chi connectivity index (χ4n) is 3.04. The van der Waals surface area contributed by atoms with Gasteiger partial charge in [-0.05, 0) is 29.8 Å². The number of nitrogens with one attached hydrogen (secondary N) is 1. The van der Waals surface area contributed by atoms with E-state index in [2.05, 4.69) is 20.1 Å². The summed E-state index contributed by atoms with van der Waals surface area (Å²) >= 11 is 0. The van der Waals surface area contributed by atoms with Gasteiger partial charge in [0.1, 0.15) is 18.2 Å². The summed E-state index contributed by atoms with van der Waals surface area (Å²) in [6, 6.07) is 9.93. The molecular weight excluding hydrogens is 364 g/mol. The Morgan fingerprint density at radius 3 is 2.57 bits per heavy atom. The van der Waals surface area contributed by atoms with E-state index in [4.69, 9.17) is 11.3 Å². The van der Waals surface area contributed by atoms with E-state index in [9.17, 15) is 8.78 Å². The third-order valence-corrected chi connectivity index (χ3v) is 4.46. The molecule has 1 aliphatic heterocycles. The first-order chi connectivity index (χ1) is 13.5. The normalized spacial score (nSPS) is 15.4. The molecule has 0 fully saturated rings. The lowest BCUT2D eigenvalue weighted by Gasteiger charge is -2.35. The second kappa shape index (κ2) is 7.12. The van der Waals surface area contributed by atoms with Crippen LogP contribution in [0.15, 0.2) is 48.7 Å². The zero-order chi connectivity index (χ0) is 19.7. The lowest BCUT2D eigenvalue weighted by atomic mass is 10.0. The van der Waals surface area contributed by atoms with Crippen LogP contribution in [0, 0.1) is 18.2 Å². The number of fused-ring (bicyclic) bond motifs is 1. The van der Waals surface area contributed by atoms with Crippen LogP contribution in [-0.2, 0) is 0 Å². The third kappa shape index (κ3) is 3.42.